The van der Waals surface area contributed by atoms with E-state index in [9.17, 15) is 27.2 Å². The molecule has 0 saturated carbocycles. The first-order valence-corrected chi connectivity index (χ1v) is 6.69. The first-order valence-electron chi connectivity index (χ1n) is 6.69. The second-order valence-corrected chi connectivity index (χ2v) is 5.66. The van der Waals surface area contributed by atoms with Crippen LogP contribution in [0.3, 0.4) is 0 Å². The highest BCUT2D eigenvalue weighted by molar-refractivity contribution is 5.90. The van der Waals surface area contributed by atoms with Gasteiger partial charge in [-0.2, -0.15) is 13.2 Å². The summed E-state index contributed by atoms with van der Waals surface area (Å²) in [6, 6.07) is 1.40. The molecule has 1 saturated heterocycles. The lowest BCUT2D eigenvalue weighted by atomic mass is 9.90. The fraction of sp³-hybridized carbons (Fsp3) is 0.429. The Balaban J connectivity index is 2.12. The van der Waals surface area contributed by atoms with Crippen LogP contribution in [0.4, 0.5) is 28.0 Å². The molecule has 2 amide bonds. The molecule has 1 atom stereocenters. The number of halogens is 4. The SMILES string of the molecule is CC1(C(=O)O)CCN(C(=O)Nc2ccc(F)c(C(F)(F)F)c2)C1. The number of carboxylic acid groups (broad SMARTS) is 1. The normalized spacial score (nSPS) is 21.3. The molecule has 2 N–H and O–H groups in total. The van der Waals surface area contributed by atoms with Crippen LogP contribution in [0.15, 0.2) is 18.2 Å². The molecule has 0 radical (unpaired) electrons. The molecule has 5 nitrogen and oxygen atoms in total. The molecule has 23 heavy (non-hydrogen) atoms. The molecule has 0 spiro atoms. The van der Waals surface area contributed by atoms with Gasteiger partial charge in [0.15, 0.2) is 0 Å². The third-order valence-corrected chi connectivity index (χ3v) is 3.80. The number of urea groups is 1. The minimum Gasteiger partial charge on any atom is -0.481 e. The Morgan fingerprint density at radius 3 is 2.52 bits per heavy atom. The van der Waals surface area contributed by atoms with Crippen molar-refractivity contribution in [2.45, 2.75) is 19.5 Å². The fourth-order valence-electron chi connectivity index (χ4n) is 2.33. The summed E-state index contributed by atoms with van der Waals surface area (Å²) >= 11 is 0. The molecule has 1 aromatic rings. The summed E-state index contributed by atoms with van der Waals surface area (Å²) in [7, 11) is 0. The van der Waals surface area contributed by atoms with Crippen molar-refractivity contribution in [1.29, 1.82) is 0 Å². The summed E-state index contributed by atoms with van der Waals surface area (Å²) < 4.78 is 51.1. The number of nitrogens with one attached hydrogen (secondary N) is 1. The highest BCUT2D eigenvalue weighted by Crippen LogP contribution is 2.34. The maximum absolute atomic E-state index is 13.2. The van der Waals surface area contributed by atoms with Crippen molar-refractivity contribution >= 4 is 17.7 Å². The lowest BCUT2D eigenvalue weighted by Crippen LogP contribution is -2.37. The number of benzene rings is 1. The monoisotopic (exact) mass is 334 g/mol. The average Bonchev–Trinajstić information content (AvgIpc) is 2.84. The molecule has 0 aromatic heterocycles. The van der Waals surface area contributed by atoms with E-state index >= 15 is 0 Å². The van der Waals surface area contributed by atoms with Gasteiger partial charge in [0.05, 0.1) is 11.0 Å². The highest BCUT2D eigenvalue weighted by Gasteiger charge is 2.42. The van der Waals surface area contributed by atoms with Crippen molar-refractivity contribution in [3.63, 3.8) is 0 Å². The van der Waals surface area contributed by atoms with E-state index < -0.39 is 35.0 Å². The van der Waals surface area contributed by atoms with Crippen LogP contribution in [-0.4, -0.2) is 35.1 Å². The predicted octanol–water partition coefficient (Wildman–Crippen LogP) is 3.17. The van der Waals surface area contributed by atoms with E-state index in [1.54, 1.807) is 0 Å². The first-order chi connectivity index (χ1) is 10.5. The standard InChI is InChI=1S/C14H14F4N2O3/c1-13(11(21)22)4-5-20(7-13)12(23)19-8-2-3-10(15)9(6-8)14(16,17)18/h2-3,6H,4-5,7H2,1H3,(H,19,23)(H,21,22). The fourth-order valence-corrected chi connectivity index (χ4v) is 2.33. The zero-order valence-electron chi connectivity index (χ0n) is 12.1. The summed E-state index contributed by atoms with van der Waals surface area (Å²) in [5, 5.41) is 11.3. The number of carboxylic acids is 1. The molecule has 1 fully saturated rings. The zero-order valence-corrected chi connectivity index (χ0v) is 12.1. The molecule has 1 aliphatic heterocycles. The Bertz CT molecular complexity index is 647. The second-order valence-electron chi connectivity index (χ2n) is 5.66. The number of anilines is 1. The zero-order chi connectivity index (χ0) is 17.4. The van der Waals surface area contributed by atoms with Crippen LogP contribution in [0.25, 0.3) is 0 Å². The molecule has 9 heteroatoms. The van der Waals surface area contributed by atoms with Crippen LogP contribution in [0.5, 0.6) is 0 Å². The van der Waals surface area contributed by atoms with Crippen molar-refractivity contribution in [2.75, 3.05) is 18.4 Å². The summed E-state index contributed by atoms with van der Waals surface area (Å²) in [4.78, 5) is 24.3. The number of carbonyl (C=O) groups is 2. The van der Waals surface area contributed by atoms with Gasteiger partial charge in [-0.25, -0.2) is 9.18 Å². The number of amides is 2. The molecule has 2 rings (SSSR count). The molecule has 1 unspecified atom stereocenters. The summed E-state index contributed by atoms with van der Waals surface area (Å²) in [5.41, 5.74) is -2.78. The van der Waals surface area contributed by atoms with Gasteiger partial charge in [0.1, 0.15) is 5.82 Å². The van der Waals surface area contributed by atoms with Gasteiger partial charge in [-0.1, -0.05) is 0 Å². The Kier molecular flexibility index (Phi) is 4.23. The van der Waals surface area contributed by atoms with Crippen LogP contribution < -0.4 is 5.32 Å². The van der Waals surface area contributed by atoms with Crippen molar-refractivity contribution in [3.05, 3.63) is 29.6 Å². The molecular formula is C14H14F4N2O3. The Morgan fingerprint density at radius 2 is 2.00 bits per heavy atom. The molecular weight excluding hydrogens is 320 g/mol. The van der Waals surface area contributed by atoms with E-state index in [1.807, 2.05) is 0 Å². The number of hydrogen-bond donors (Lipinski definition) is 2. The predicted molar refractivity (Wildman–Crippen MR) is 72.4 cm³/mol. The molecule has 0 aliphatic carbocycles. The van der Waals surface area contributed by atoms with Crippen LogP contribution in [0, 0.1) is 11.2 Å². The van der Waals surface area contributed by atoms with E-state index in [1.165, 1.54) is 11.8 Å². The van der Waals surface area contributed by atoms with Crippen LogP contribution in [0.1, 0.15) is 18.9 Å². The van der Waals surface area contributed by atoms with Crippen LogP contribution >= 0.6 is 0 Å². The highest BCUT2D eigenvalue weighted by atomic mass is 19.4. The van der Waals surface area contributed by atoms with Crippen molar-refractivity contribution in [3.8, 4) is 0 Å². The van der Waals surface area contributed by atoms with Gasteiger partial charge < -0.3 is 15.3 Å². The van der Waals surface area contributed by atoms with Crippen molar-refractivity contribution < 1.29 is 32.3 Å². The van der Waals surface area contributed by atoms with Crippen LogP contribution in [0.2, 0.25) is 0 Å². The number of rotatable bonds is 2. The van der Waals surface area contributed by atoms with E-state index in [0.29, 0.717) is 12.1 Å². The summed E-state index contributed by atoms with van der Waals surface area (Å²) in [6.07, 6.45) is -4.63. The van der Waals surface area contributed by atoms with E-state index in [0.717, 1.165) is 6.07 Å². The van der Waals surface area contributed by atoms with Crippen LogP contribution in [-0.2, 0) is 11.0 Å². The van der Waals surface area contributed by atoms with Crippen molar-refractivity contribution in [2.24, 2.45) is 5.41 Å². The van der Waals surface area contributed by atoms with E-state index in [-0.39, 0.29) is 25.2 Å². The summed E-state index contributed by atoms with van der Waals surface area (Å²) in [6.45, 7) is 1.60. The second kappa shape index (κ2) is 5.71. The quantitative estimate of drug-likeness (QED) is 0.816. The Hall–Kier alpha value is -2.32. The third-order valence-electron chi connectivity index (χ3n) is 3.80. The summed E-state index contributed by atoms with van der Waals surface area (Å²) in [5.74, 6) is -2.48. The third kappa shape index (κ3) is 3.54. The van der Waals surface area contributed by atoms with E-state index in [2.05, 4.69) is 5.32 Å². The van der Waals surface area contributed by atoms with Gasteiger partial charge in [-0.15, -0.1) is 0 Å². The molecule has 1 aromatic carbocycles. The topological polar surface area (TPSA) is 69.6 Å². The van der Waals surface area contributed by atoms with Gasteiger partial charge in [-0.05, 0) is 31.5 Å². The maximum Gasteiger partial charge on any atom is 0.419 e. The number of carbonyl (C=O) groups excluding carboxylic acids is 1. The first kappa shape index (κ1) is 17.0. The van der Waals surface area contributed by atoms with Gasteiger partial charge in [-0.3, -0.25) is 4.79 Å². The lowest BCUT2D eigenvalue weighted by molar-refractivity contribution is -0.147. The number of hydrogen-bond acceptors (Lipinski definition) is 2. The van der Waals surface area contributed by atoms with E-state index in [4.69, 9.17) is 5.11 Å². The van der Waals surface area contributed by atoms with Gasteiger partial charge in [0.25, 0.3) is 0 Å². The average molecular weight is 334 g/mol. The van der Waals surface area contributed by atoms with Gasteiger partial charge in [0.2, 0.25) is 0 Å². The minimum absolute atomic E-state index is 0.0541. The minimum atomic E-state index is -4.87. The van der Waals surface area contributed by atoms with Gasteiger partial charge in [0, 0.05) is 18.8 Å². The van der Waals surface area contributed by atoms with Gasteiger partial charge >= 0.3 is 18.2 Å². The number of nitrogens with zero attached hydrogens (tertiary/aromatic N) is 1. The maximum atomic E-state index is 13.2. The number of aliphatic carboxylic acids is 1. The number of alkyl halides is 3. The Labute approximate surface area is 128 Å². The number of likely N-dealkylation sites (tertiary alicyclic amines) is 1. The largest absolute Gasteiger partial charge is 0.481 e. The molecule has 1 heterocycles. The molecule has 126 valence electrons. The Morgan fingerprint density at radius 1 is 1.35 bits per heavy atom. The van der Waals surface area contributed by atoms with Crippen molar-refractivity contribution in [1.82, 2.24) is 4.90 Å². The molecule has 1 aliphatic rings. The lowest BCUT2D eigenvalue weighted by Gasteiger charge is -2.21. The smallest absolute Gasteiger partial charge is 0.419 e. The molecule has 0 bridgehead atoms.